The fraction of sp³-hybridized carbons (Fsp3) is 0.588. The summed E-state index contributed by atoms with van der Waals surface area (Å²) in [5.74, 6) is 1.97. The van der Waals surface area contributed by atoms with Crippen LogP contribution in [0.3, 0.4) is 0 Å². The number of nitrogens with two attached hydrogens (primary N) is 1. The number of unbranched alkanes of at least 4 members (excludes halogenated alkanes) is 1. The topological polar surface area (TPSA) is 111 Å². The number of hydrogen-bond acceptors (Lipinski definition) is 8. The van der Waals surface area contributed by atoms with E-state index in [0.29, 0.717) is 23.9 Å². The van der Waals surface area contributed by atoms with Crippen LogP contribution in [-0.4, -0.2) is 42.6 Å². The van der Waals surface area contributed by atoms with Gasteiger partial charge < -0.3 is 20.9 Å². The summed E-state index contributed by atoms with van der Waals surface area (Å²) in [4.78, 5) is 8.35. The number of aromatic nitrogens is 4. The third-order valence-electron chi connectivity index (χ3n) is 3.78. The van der Waals surface area contributed by atoms with Gasteiger partial charge in [0.2, 0.25) is 5.95 Å². The van der Waals surface area contributed by atoms with Gasteiger partial charge in [-0.3, -0.25) is 4.68 Å². The average molecular weight is 381 g/mol. The maximum absolute atomic E-state index is 9.12. The van der Waals surface area contributed by atoms with Crippen LogP contribution in [0.15, 0.2) is 12.3 Å². The van der Waals surface area contributed by atoms with Crippen molar-refractivity contribution in [3.05, 3.63) is 23.7 Å². The van der Waals surface area contributed by atoms with Crippen molar-refractivity contribution in [1.29, 1.82) is 0 Å². The van der Waals surface area contributed by atoms with Gasteiger partial charge in [-0.2, -0.15) is 10.1 Å². The lowest BCUT2D eigenvalue weighted by Crippen LogP contribution is -2.19. The van der Waals surface area contributed by atoms with Crippen molar-refractivity contribution in [2.24, 2.45) is 7.05 Å². The molecule has 2 rings (SSSR count). The van der Waals surface area contributed by atoms with Crippen LogP contribution in [0.1, 0.15) is 37.6 Å². The van der Waals surface area contributed by atoms with Crippen LogP contribution in [0.25, 0.3) is 0 Å². The summed E-state index contributed by atoms with van der Waals surface area (Å²) >= 11 is 1.66. The molecule has 0 fully saturated rings. The number of rotatable bonds is 11. The lowest BCUT2D eigenvalue weighted by Gasteiger charge is -2.20. The number of aryl methyl sites for hydroxylation is 2. The summed E-state index contributed by atoms with van der Waals surface area (Å²) in [6.45, 7) is 4.60. The second-order valence-corrected chi connectivity index (χ2v) is 7.31. The first kappa shape index (κ1) is 20.3. The van der Waals surface area contributed by atoms with E-state index in [1.54, 1.807) is 22.6 Å². The third-order valence-corrected chi connectivity index (χ3v) is 4.95. The number of nitrogens with one attached hydrogen (secondary N) is 1. The molecule has 144 valence electrons. The molecule has 2 aromatic heterocycles. The molecule has 2 heterocycles. The van der Waals surface area contributed by atoms with Crippen molar-refractivity contribution < 1.29 is 9.84 Å². The van der Waals surface area contributed by atoms with Gasteiger partial charge >= 0.3 is 0 Å². The predicted octanol–water partition coefficient (Wildman–Crippen LogP) is 2.33. The van der Waals surface area contributed by atoms with Crippen LogP contribution >= 0.6 is 11.8 Å². The first-order chi connectivity index (χ1) is 12.5. The minimum absolute atomic E-state index is 0.123. The highest BCUT2D eigenvalue weighted by atomic mass is 32.2. The molecule has 4 N–H and O–H groups in total. The van der Waals surface area contributed by atoms with Gasteiger partial charge in [0.05, 0.1) is 29.6 Å². The van der Waals surface area contributed by atoms with E-state index in [-0.39, 0.29) is 17.9 Å². The van der Waals surface area contributed by atoms with Crippen LogP contribution in [0.4, 0.5) is 11.8 Å². The van der Waals surface area contributed by atoms with Crippen molar-refractivity contribution in [3.63, 3.8) is 0 Å². The molecule has 0 aromatic carbocycles. The van der Waals surface area contributed by atoms with Gasteiger partial charge in [0.15, 0.2) is 11.6 Å². The van der Waals surface area contributed by atoms with Crippen molar-refractivity contribution in [3.8, 4) is 5.75 Å². The Bertz CT molecular complexity index is 686. The molecule has 1 atom stereocenters. The summed E-state index contributed by atoms with van der Waals surface area (Å²) in [5.41, 5.74) is 7.66. The first-order valence-electron chi connectivity index (χ1n) is 8.77. The summed E-state index contributed by atoms with van der Waals surface area (Å²) in [6, 6.07) is 1.98. The van der Waals surface area contributed by atoms with E-state index in [0.717, 1.165) is 30.7 Å². The SMILES string of the molecule is CCCC[C@@H](Nc1nc(N)ncc1OCc1cc(C)nn1C)SCCO. The number of ether oxygens (including phenoxy) is 1. The van der Waals surface area contributed by atoms with Gasteiger partial charge in [0.25, 0.3) is 0 Å². The zero-order chi connectivity index (χ0) is 18.9. The molecule has 0 aliphatic heterocycles. The van der Waals surface area contributed by atoms with E-state index < -0.39 is 0 Å². The van der Waals surface area contributed by atoms with E-state index >= 15 is 0 Å². The second kappa shape index (κ2) is 10.2. The van der Waals surface area contributed by atoms with Crippen LogP contribution in [-0.2, 0) is 13.7 Å². The van der Waals surface area contributed by atoms with Crippen LogP contribution in [0, 0.1) is 6.92 Å². The maximum atomic E-state index is 9.12. The highest BCUT2D eigenvalue weighted by molar-refractivity contribution is 8.00. The Kier molecular flexibility index (Phi) is 7.99. The molecule has 8 nitrogen and oxygen atoms in total. The Balaban J connectivity index is 2.10. The number of nitrogen functional groups attached to an aromatic ring is 1. The van der Waals surface area contributed by atoms with E-state index in [2.05, 4.69) is 27.3 Å². The van der Waals surface area contributed by atoms with Crippen molar-refractivity contribution in [2.45, 2.75) is 45.1 Å². The first-order valence-corrected chi connectivity index (χ1v) is 9.82. The Hall–Kier alpha value is -2.00. The fourth-order valence-electron chi connectivity index (χ4n) is 2.48. The molecule has 0 spiro atoms. The van der Waals surface area contributed by atoms with Gasteiger partial charge in [-0.05, 0) is 19.4 Å². The molecule has 0 radical (unpaired) electrons. The zero-order valence-electron chi connectivity index (χ0n) is 15.6. The van der Waals surface area contributed by atoms with Gasteiger partial charge in [-0.25, -0.2) is 4.98 Å². The van der Waals surface area contributed by atoms with Crippen molar-refractivity contribution >= 4 is 23.5 Å². The average Bonchev–Trinajstić information content (AvgIpc) is 2.94. The Labute approximate surface area is 158 Å². The van der Waals surface area contributed by atoms with Gasteiger partial charge in [-0.15, -0.1) is 11.8 Å². The molecule has 2 aromatic rings. The quantitative estimate of drug-likeness (QED) is 0.509. The highest BCUT2D eigenvalue weighted by Crippen LogP contribution is 2.27. The van der Waals surface area contributed by atoms with Crippen molar-refractivity contribution in [1.82, 2.24) is 19.7 Å². The monoisotopic (exact) mass is 380 g/mol. The molecule has 0 aliphatic rings. The van der Waals surface area contributed by atoms with E-state index in [1.807, 2.05) is 20.0 Å². The summed E-state index contributed by atoms with van der Waals surface area (Å²) < 4.78 is 7.71. The molecule has 0 amide bonds. The van der Waals surface area contributed by atoms with Crippen LogP contribution in [0.5, 0.6) is 5.75 Å². The number of aliphatic hydroxyl groups excluding tert-OH is 1. The smallest absolute Gasteiger partial charge is 0.222 e. The minimum atomic E-state index is 0.123. The van der Waals surface area contributed by atoms with Crippen molar-refractivity contribution in [2.75, 3.05) is 23.4 Å². The Morgan fingerprint density at radius 2 is 2.27 bits per heavy atom. The lowest BCUT2D eigenvalue weighted by atomic mass is 10.2. The third kappa shape index (κ3) is 6.06. The summed E-state index contributed by atoms with van der Waals surface area (Å²) in [6.07, 6.45) is 4.74. The fourth-order valence-corrected chi connectivity index (χ4v) is 3.40. The summed E-state index contributed by atoms with van der Waals surface area (Å²) in [5, 5.41) is 16.9. The summed E-state index contributed by atoms with van der Waals surface area (Å²) in [7, 11) is 1.89. The molecule has 9 heteroatoms. The number of anilines is 2. The normalized spacial score (nSPS) is 12.2. The van der Waals surface area contributed by atoms with Gasteiger partial charge in [-0.1, -0.05) is 19.8 Å². The molecule has 0 aliphatic carbocycles. The van der Waals surface area contributed by atoms with Crippen LogP contribution < -0.4 is 15.8 Å². The number of aliphatic hydroxyl groups is 1. The lowest BCUT2D eigenvalue weighted by molar-refractivity contribution is 0.294. The molecule has 0 bridgehead atoms. The number of hydrogen-bond donors (Lipinski definition) is 3. The molecular formula is C17H28N6O2S. The predicted molar refractivity (Wildman–Crippen MR) is 105 cm³/mol. The highest BCUT2D eigenvalue weighted by Gasteiger charge is 2.15. The molecule has 0 saturated heterocycles. The number of nitrogens with zero attached hydrogens (tertiary/aromatic N) is 4. The van der Waals surface area contributed by atoms with Crippen LogP contribution in [0.2, 0.25) is 0 Å². The van der Waals surface area contributed by atoms with Gasteiger partial charge in [0, 0.05) is 12.8 Å². The molecule has 0 unspecified atom stereocenters. The van der Waals surface area contributed by atoms with E-state index in [4.69, 9.17) is 15.6 Å². The molecule has 0 saturated carbocycles. The minimum Gasteiger partial charge on any atom is -0.482 e. The largest absolute Gasteiger partial charge is 0.482 e. The van der Waals surface area contributed by atoms with E-state index in [1.165, 1.54) is 0 Å². The Morgan fingerprint density at radius 1 is 1.46 bits per heavy atom. The maximum Gasteiger partial charge on any atom is 0.222 e. The standard InChI is InChI=1S/C17H28N6O2S/c1-4-5-6-15(26-8-7-24)20-16-14(10-19-17(18)21-16)25-11-13-9-12(2)22-23(13)3/h9-10,15,24H,4-8,11H2,1-3H3,(H3,18,19,20,21)/t15-/m0/s1. The number of thioether (sulfide) groups is 1. The Morgan fingerprint density at radius 3 is 2.92 bits per heavy atom. The molecule has 26 heavy (non-hydrogen) atoms. The zero-order valence-corrected chi connectivity index (χ0v) is 16.4. The van der Waals surface area contributed by atoms with Gasteiger partial charge in [0.1, 0.15) is 6.61 Å². The van der Waals surface area contributed by atoms with E-state index in [9.17, 15) is 0 Å². The molecular weight excluding hydrogens is 352 g/mol. The second-order valence-electron chi connectivity index (χ2n) is 6.00.